The molecule has 0 amide bonds. The number of H-pyrrole nitrogens is 1. The van der Waals surface area contributed by atoms with Gasteiger partial charge in [-0.15, -0.1) is 0 Å². The molecular formula is C29H49N7O7. The van der Waals surface area contributed by atoms with Crippen LogP contribution in [-0.2, 0) is 28.5 Å². The predicted octanol–water partition coefficient (Wildman–Crippen LogP) is 2.00. The number of rotatable bonds is 17. The van der Waals surface area contributed by atoms with Crippen molar-refractivity contribution in [3.8, 4) is 0 Å². The quantitative estimate of drug-likeness (QED) is 0.262. The molecule has 2 aromatic rings. The Morgan fingerprint density at radius 3 is 2.05 bits per heavy atom. The number of fused-ring (bicyclic) bond motifs is 1. The number of carbonyl (C=O) groups is 1. The summed E-state index contributed by atoms with van der Waals surface area (Å²) in [4.78, 5) is 49.5. The van der Waals surface area contributed by atoms with Gasteiger partial charge in [0, 0.05) is 74.1 Å². The molecule has 1 N–H and O–H groups in total. The molecule has 242 valence electrons. The number of ether oxygens (including phenoxy) is 5. The lowest BCUT2D eigenvalue weighted by Gasteiger charge is -2.33. The molecule has 1 aliphatic heterocycles. The first-order chi connectivity index (χ1) is 20.6. The Balaban J connectivity index is 2.02. The SMILES string of the molecule is COCCN(CCOC)c1nc(N2CCC(OC)CC2)c2nc(N(CCCC(=O)OC(C)(C)C)CCOC)[nH]c(=O)c2n1. The third-order valence-electron chi connectivity index (χ3n) is 7.09. The smallest absolute Gasteiger partial charge is 0.306 e. The van der Waals surface area contributed by atoms with E-state index in [0.717, 1.165) is 12.8 Å². The molecule has 14 nitrogen and oxygen atoms in total. The fourth-order valence-corrected chi connectivity index (χ4v) is 4.85. The van der Waals surface area contributed by atoms with Gasteiger partial charge in [0.2, 0.25) is 11.9 Å². The highest BCUT2D eigenvalue weighted by Gasteiger charge is 2.26. The van der Waals surface area contributed by atoms with Gasteiger partial charge in [-0.3, -0.25) is 14.6 Å². The zero-order chi connectivity index (χ0) is 31.4. The van der Waals surface area contributed by atoms with Crippen molar-refractivity contribution >= 4 is 34.7 Å². The molecule has 14 heteroatoms. The molecule has 0 radical (unpaired) electrons. The number of carbonyl (C=O) groups excluding carboxylic acids is 1. The average molecular weight is 608 g/mol. The maximum Gasteiger partial charge on any atom is 0.306 e. The van der Waals surface area contributed by atoms with Crippen LogP contribution in [0.1, 0.15) is 46.5 Å². The van der Waals surface area contributed by atoms with Crippen molar-refractivity contribution in [2.75, 3.05) is 102 Å². The van der Waals surface area contributed by atoms with Crippen molar-refractivity contribution in [1.82, 2.24) is 19.9 Å². The van der Waals surface area contributed by atoms with E-state index >= 15 is 0 Å². The Labute approximate surface area is 254 Å². The third-order valence-corrected chi connectivity index (χ3v) is 7.09. The number of nitrogens with one attached hydrogen (secondary N) is 1. The Morgan fingerprint density at radius 2 is 1.49 bits per heavy atom. The van der Waals surface area contributed by atoms with Gasteiger partial charge >= 0.3 is 5.97 Å². The second-order valence-electron chi connectivity index (χ2n) is 11.5. The minimum Gasteiger partial charge on any atom is -0.460 e. The summed E-state index contributed by atoms with van der Waals surface area (Å²) in [6, 6.07) is 0. The maximum atomic E-state index is 13.6. The lowest BCUT2D eigenvalue weighted by molar-refractivity contribution is -0.154. The Bertz CT molecular complexity index is 1200. The van der Waals surface area contributed by atoms with Crippen molar-refractivity contribution in [2.24, 2.45) is 0 Å². The largest absolute Gasteiger partial charge is 0.460 e. The van der Waals surface area contributed by atoms with Crippen LogP contribution in [-0.4, -0.2) is 125 Å². The van der Waals surface area contributed by atoms with Crippen LogP contribution in [0.25, 0.3) is 11.0 Å². The van der Waals surface area contributed by atoms with E-state index in [1.807, 2.05) is 30.6 Å². The molecule has 0 bridgehead atoms. The van der Waals surface area contributed by atoms with Crippen molar-refractivity contribution in [3.63, 3.8) is 0 Å². The highest BCUT2D eigenvalue weighted by atomic mass is 16.6. The number of aromatic nitrogens is 4. The fourth-order valence-electron chi connectivity index (χ4n) is 4.85. The number of nitrogens with zero attached hydrogens (tertiary/aromatic N) is 6. The van der Waals surface area contributed by atoms with E-state index < -0.39 is 5.60 Å². The highest BCUT2D eigenvalue weighted by Crippen LogP contribution is 2.28. The number of hydrogen-bond acceptors (Lipinski definition) is 13. The zero-order valence-electron chi connectivity index (χ0n) is 26.8. The Hall–Kier alpha value is -3.07. The van der Waals surface area contributed by atoms with Crippen LogP contribution in [0.15, 0.2) is 4.79 Å². The van der Waals surface area contributed by atoms with Gasteiger partial charge in [-0.1, -0.05) is 0 Å². The summed E-state index contributed by atoms with van der Waals surface area (Å²) in [7, 11) is 6.62. The van der Waals surface area contributed by atoms with E-state index in [9.17, 15) is 9.59 Å². The monoisotopic (exact) mass is 607 g/mol. The Kier molecular flexibility index (Phi) is 13.4. The fraction of sp³-hybridized carbons (Fsp3) is 0.759. The van der Waals surface area contributed by atoms with E-state index in [0.29, 0.717) is 88.7 Å². The Morgan fingerprint density at radius 1 is 0.884 bits per heavy atom. The van der Waals surface area contributed by atoms with E-state index in [4.69, 9.17) is 38.6 Å². The summed E-state index contributed by atoms with van der Waals surface area (Å²) < 4.78 is 27.0. The van der Waals surface area contributed by atoms with Crippen molar-refractivity contribution in [3.05, 3.63) is 10.4 Å². The minimum atomic E-state index is -0.548. The van der Waals surface area contributed by atoms with Crippen LogP contribution in [0, 0.1) is 0 Å². The van der Waals surface area contributed by atoms with Gasteiger partial charge in [0.15, 0.2) is 11.3 Å². The molecule has 1 fully saturated rings. The standard InChI is InChI=1S/C29H49N7O7/c1-29(2,3)43-22(37)9-8-12-35(15-18-39-4)28-30-23-24(26(38)33-28)31-27(36(16-19-40-5)17-20-41-6)32-25(23)34-13-10-21(42-7)11-14-34/h21H,8-20H2,1-7H3,(H,30,33,38). The number of aromatic amines is 1. The lowest BCUT2D eigenvalue weighted by atomic mass is 10.1. The molecule has 3 heterocycles. The second kappa shape index (κ2) is 16.7. The van der Waals surface area contributed by atoms with Crippen LogP contribution in [0.2, 0.25) is 0 Å². The first kappa shape index (κ1) is 34.4. The molecule has 3 rings (SSSR count). The molecule has 2 aromatic heterocycles. The van der Waals surface area contributed by atoms with E-state index in [-0.39, 0.29) is 29.6 Å². The first-order valence-electron chi connectivity index (χ1n) is 14.9. The molecule has 0 saturated carbocycles. The van der Waals surface area contributed by atoms with Gasteiger partial charge in [-0.2, -0.15) is 4.98 Å². The van der Waals surface area contributed by atoms with Gasteiger partial charge in [-0.05, 0) is 40.0 Å². The summed E-state index contributed by atoms with van der Waals surface area (Å²) in [6.07, 6.45) is 2.58. The first-order valence-corrected chi connectivity index (χ1v) is 14.9. The minimum absolute atomic E-state index is 0.171. The van der Waals surface area contributed by atoms with E-state index in [1.165, 1.54) is 0 Å². The normalized spacial score (nSPS) is 14.3. The van der Waals surface area contributed by atoms with Crippen molar-refractivity contribution < 1.29 is 28.5 Å². The molecule has 0 aliphatic carbocycles. The van der Waals surface area contributed by atoms with Gasteiger partial charge in [-0.25, -0.2) is 9.97 Å². The number of methoxy groups -OCH3 is 4. The highest BCUT2D eigenvalue weighted by molar-refractivity contribution is 5.87. The third kappa shape index (κ3) is 10.3. The van der Waals surface area contributed by atoms with Crippen LogP contribution in [0.3, 0.4) is 0 Å². The molecular weight excluding hydrogens is 558 g/mol. The number of piperidine rings is 1. The number of anilines is 3. The molecule has 1 aliphatic rings. The topological polar surface area (TPSA) is 144 Å². The molecule has 0 spiro atoms. The van der Waals surface area contributed by atoms with E-state index in [2.05, 4.69) is 9.88 Å². The number of hydrogen-bond donors (Lipinski definition) is 1. The summed E-state index contributed by atoms with van der Waals surface area (Å²) >= 11 is 0. The van der Waals surface area contributed by atoms with Gasteiger partial charge in [0.1, 0.15) is 11.1 Å². The van der Waals surface area contributed by atoms with Crippen LogP contribution < -0.4 is 20.3 Å². The van der Waals surface area contributed by atoms with Crippen molar-refractivity contribution in [2.45, 2.75) is 58.2 Å². The summed E-state index contributed by atoms with van der Waals surface area (Å²) in [6.45, 7) is 10.3. The van der Waals surface area contributed by atoms with E-state index in [1.54, 1.807) is 28.4 Å². The zero-order valence-corrected chi connectivity index (χ0v) is 26.8. The molecule has 0 unspecified atom stereocenters. The average Bonchev–Trinajstić information content (AvgIpc) is 2.97. The van der Waals surface area contributed by atoms with Crippen molar-refractivity contribution in [1.29, 1.82) is 0 Å². The molecule has 0 aromatic carbocycles. The van der Waals surface area contributed by atoms with Gasteiger partial charge in [0.25, 0.3) is 5.56 Å². The van der Waals surface area contributed by atoms with Crippen LogP contribution in [0.4, 0.5) is 17.7 Å². The van der Waals surface area contributed by atoms with Gasteiger partial charge in [0.05, 0.1) is 25.9 Å². The van der Waals surface area contributed by atoms with Crippen LogP contribution in [0.5, 0.6) is 0 Å². The molecule has 1 saturated heterocycles. The second-order valence-corrected chi connectivity index (χ2v) is 11.5. The lowest BCUT2D eigenvalue weighted by Crippen LogP contribution is -2.39. The van der Waals surface area contributed by atoms with Gasteiger partial charge < -0.3 is 38.4 Å². The summed E-state index contributed by atoms with van der Waals surface area (Å²) in [5.74, 6) is 1.12. The maximum absolute atomic E-state index is 13.6. The van der Waals surface area contributed by atoms with Crippen LogP contribution >= 0.6 is 0 Å². The summed E-state index contributed by atoms with van der Waals surface area (Å²) in [5, 5.41) is 0. The number of esters is 1. The summed E-state index contributed by atoms with van der Waals surface area (Å²) in [5.41, 5.74) is -0.290. The molecule has 43 heavy (non-hydrogen) atoms. The molecule has 0 atom stereocenters. The predicted molar refractivity (Wildman–Crippen MR) is 165 cm³/mol.